The van der Waals surface area contributed by atoms with Crippen molar-refractivity contribution >= 4 is 6.16 Å². The molecule has 0 N–H and O–H groups in total. The highest BCUT2D eigenvalue weighted by Crippen LogP contribution is 2.26. The molecule has 1 heterocycles. The summed E-state index contributed by atoms with van der Waals surface area (Å²) in [4.78, 5) is 13.3. The van der Waals surface area contributed by atoms with Gasteiger partial charge >= 0.3 is 6.16 Å². The van der Waals surface area contributed by atoms with Gasteiger partial charge in [0.15, 0.2) is 0 Å². The summed E-state index contributed by atoms with van der Waals surface area (Å²) in [6, 6.07) is 6.25. The Bertz CT molecular complexity index is 431. The summed E-state index contributed by atoms with van der Waals surface area (Å²) in [7, 11) is 3.42. The third-order valence-corrected chi connectivity index (χ3v) is 3.23. The topological polar surface area (TPSA) is 38.8 Å². The molecule has 0 unspecified atom stereocenters. The van der Waals surface area contributed by atoms with Crippen molar-refractivity contribution < 1.29 is 14.3 Å². The number of hydrogen-bond donors (Lipinski definition) is 0. The Morgan fingerprint density at radius 2 is 2.18 bits per heavy atom. The zero-order valence-corrected chi connectivity index (χ0v) is 10.4. The van der Waals surface area contributed by atoms with E-state index in [4.69, 9.17) is 4.74 Å². The van der Waals surface area contributed by atoms with E-state index in [1.54, 1.807) is 6.07 Å². The number of fused-ring (bicyclic) bond motifs is 1. The molecule has 2 rings (SSSR count). The number of rotatable bonds is 1. The van der Waals surface area contributed by atoms with Gasteiger partial charge in [-0.1, -0.05) is 6.07 Å². The molecule has 4 nitrogen and oxygen atoms in total. The van der Waals surface area contributed by atoms with Crippen LogP contribution in [0.4, 0.5) is 4.79 Å². The second kappa shape index (κ2) is 4.75. The van der Waals surface area contributed by atoms with Crippen molar-refractivity contribution in [2.45, 2.75) is 25.9 Å². The maximum atomic E-state index is 11.0. The molecule has 1 aliphatic rings. The van der Waals surface area contributed by atoms with Crippen LogP contribution < -0.4 is 4.74 Å². The van der Waals surface area contributed by atoms with E-state index in [0.717, 1.165) is 13.0 Å². The molecule has 1 aliphatic heterocycles. The van der Waals surface area contributed by atoms with Crippen LogP contribution in [0.5, 0.6) is 5.75 Å². The van der Waals surface area contributed by atoms with Crippen molar-refractivity contribution in [3.63, 3.8) is 0 Å². The van der Waals surface area contributed by atoms with Gasteiger partial charge in [-0.25, -0.2) is 4.79 Å². The molecule has 0 radical (unpaired) electrons. The van der Waals surface area contributed by atoms with Gasteiger partial charge in [-0.15, -0.1) is 0 Å². The molecule has 0 aromatic heterocycles. The molecule has 17 heavy (non-hydrogen) atoms. The normalized spacial score (nSPS) is 19.6. The van der Waals surface area contributed by atoms with Gasteiger partial charge in [-0.3, -0.25) is 4.90 Å². The fourth-order valence-corrected chi connectivity index (χ4v) is 2.05. The second-order valence-corrected chi connectivity index (χ2v) is 4.45. The van der Waals surface area contributed by atoms with E-state index >= 15 is 0 Å². The first kappa shape index (κ1) is 11.9. The van der Waals surface area contributed by atoms with Gasteiger partial charge in [-0.05, 0) is 43.7 Å². The zero-order valence-electron chi connectivity index (χ0n) is 10.4. The van der Waals surface area contributed by atoms with Crippen molar-refractivity contribution in [2.24, 2.45) is 0 Å². The van der Waals surface area contributed by atoms with Crippen LogP contribution in [0.2, 0.25) is 0 Å². The molecule has 0 saturated heterocycles. The Morgan fingerprint density at radius 3 is 2.88 bits per heavy atom. The molecule has 0 aliphatic carbocycles. The first-order chi connectivity index (χ1) is 8.10. The predicted molar refractivity (Wildman–Crippen MR) is 64.1 cm³/mol. The van der Waals surface area contributed by atoms with E-state index in [9.17, 15) is 4.79 Å². The highest BCUT2D eigenvalue weighted by atomic mass is 16.7. The molecule has 0 fully saturated rings. The first-order valence-electron chi connectivity index (χ1n) is 5.68. The van der Waals surface area contributed by atoms with Gasteiger partial charge in [0, 0.05) is 12.6 Å². The third-order valence-electron chi connectivity index (χ3n) is 3.23. The van der Waals surface area contributed by atoms with Crippen LogP contribution >= 0.6 is 0 Å². The summed E-state index contributed by atoms with van der Waals surface area (Å²) in [5.74, 6) is 0.548. The monoisotopic (exact) mass is 235 g/mol. The second-order valence-electron chi connectivity index (χ2n) is 4.45. The molecule has 0 saturated carbocycles. The van der Waals surface area contributed by atoms with Crippen molar-refractivity contribution in [3.05, 3.63) is 29.3 Å². The Balaban J connectivity index is 2.19. The zero-order chi connectivity index (χ0) is 12.4. The summed E-state index contributed by atoms with van der Waals surface area (Å²) in [5, 5.41) is 0. The van der Waals surface area contributed by atoms with Crippen molar-refractivity contribution in [1.82, 2.24) is 4.90 Å². The minimum atomic E-state index is -0.675. The Morgan fingerprint density at radius 1 is 1.41 bits per heavy atom. The fourth-order valence-electron chi connectivity index (χ4n) is 2.05. The number of ether oxygens (including phenoxy) is 2. The van der Waals surface area contributed by atoms with Crippen LogP contribution in [-0.2, 0) is 17.7 Å². The van der Waals surface area contributed by atoms with Gasteiger partial charge in [0.2, 0.25) is 0 Å². The minimum absolute atomic E-state index is 0.510. The number of benzene rings is 1. The van der Waals surface area contributed by atoms with E-state index in [2.05, 4.69) is 23.6 Å². The number of carbonyl (C=O) groups excluding carboxylic acids is 1. The Kier molecular flexibility index (Phi) is 3.33. The number of hydrogen-bond acceptors (Lipinski definition) is 4. The number of nitrogens with zero attached hydrogens (tertiary/aromatic N) is 1. The van der Waals surface area contributed by atoms with Gasteiger partial charge in [0.1, 0.15) is 5.75 Å². The van der Waals surface area contributed by atoms with Crippen LogP contribution in [0.15, 0.2) is 18.2 Å². The van der Waals surface area contributed by atoms with Crippen molar-refractivity contribution in [3.8, 4) is 5.75 Å². The average molecular weight is 235 g/mol. The summed E-state index contributed by atoms with van der Waals surface area (Å²) >= 11 is 0. The highest BCUT2D eigenvalue weighted by Gasteiger charge is 2.20. The lowest BCUT2D eigenvalue weighted by atomic mass is 9.95. The molecule has 1 atom stereocenters. The maximum absolute atomic E-state index is 11.0. The number of likely N-dealkylation sites (N-methyl/N-ethyl adjacent to an activating group) is 1. The Hall–Kier alpha value is -1.55. The van der Waals surface area contributed by atoms with Gasteiger partial charge in [0.25, 0.3) is 0 Å². The molecule has 0 bridgehead atoms. The van der Waals surface area contributed by atoms with Gasteiger partial charge in [0.05, 0.1) is 7.11 Å². The SMILES string of the molecule is COC(=O)Oc1ccc2c(c1)C[C@@H](C)N(C)C2. The van der Waals surface area contributed by atoms with Crippen LogP contribution in [0.1, 0.15) is 18.1 Å². The fraction of sp³-hybridized carbons (Fsp3) is 0.462. The van der Waals surface area contributed by atoms with E-state index < -0.39 is 6.16 Å². The molecule has 0 spiro atoms. The third kappa shape index (κ3) is 2.58. The molecular weight excluding hydrogens is 218 g/mol. The lowest BCUT2D eigenvalue weighted by Gasteiger charge is -2.31. The predicted octanol–water partition coefficient (Wildman–Crippen LogP) is 2.21. The largest absolute Gasteiger partial charge is 0.513 e. The molecule has 1 aromatic rings. The van der Waals surface area contributed by atoms with Crippen LogP contribution in [0, 0.1) is 0 Å². The molecule has 92 valence electrons. The van der Waals surface area contributed by atoms with E-state index in [-0.39, 0.29) is 0 Å². The van der Waals surface area contributed by atoms with E-state index in [1.807, 2.05) is 12.1 Å². The van der Waals surface area contributed by atoms with Gasteiger partial charge in [-0.2, -0.15) is 0 Å². The summed E-state index contributed by atoms with van der Waals surface area (Å²) in [6.07, 6.45) is 0.301. The van der Waals surface area contributed by atoms with Crippen LogP contribution in [0.25, 0.3) is 0 Å². The quantitative estimate of drug-likeness (QED) is 0.552. The van der Waals surface area contributed by atoms with Crippen molar-refractivity contribution in [1.29, 1.82) is 0 Å². The van der Waals surface area contributed by atoms with E-state index in [0.29, 0.717) is 11.8 Å². The summed E-state index contributed by atoms with van der Waals surface area (Å²) in [5.41, 5.74) is 2.54. The van der Waals surface area contributed by atoms with Crippen LogP contribution in [0.3, 0.4) is 0 Å². The summed E-state index contributed by atoms with van der Waals surface area (Å²) in [6.45, 7) is 3.13. The number of carbonyl (C=O) groups is 1. The van der Waals surface area contributed by atoms with Gasteiger partial charge < -0.3 is 9.47 Å². The lowest BCUT2D eigenvalue weighted by molar-refractivity contribution is 0.121. The maximum Gasteiger partial charge on any atom is 0.513 e. The Labute approximate surface area is 101 Å². The van der Waals surface area contributed by atoms with E-state index in [1.165, 1.54) is 18.2 Å². The molecule has 1 aromatic carbocycles. The lowest BCUT2D eigenvalue weighted by Crippen LogP contribution is -2.34. The molecular formula is C13H17NO3. The molecule has 0 amide bonds. The average Bonchev–Trinajstić information content (AvgIpc) is 2.31. The molecule has 4 heteroatoms. The summed E-state index contributed by atoms with van der Waals surface area (Å²) < 4.78 is 9.48. The minimum Gasteiger partial charge on any atom is -0.437 e. The highest BCUT2D eigenvalue weighted by molar-refractivity contribution is 5.63. The standard InChI is InChI=1S/C13H17NO3/c1-9-6-11-7-12(17-13(15)16-3)5-4-10(11)8-14(9)2/h4-5,7,9H,6,8H2,1-3H3/t9-/m1/s1. The number of methoxy groups -OCH3 is 1. The smallest absolute Gasteiger partial charge is 0.437 e. The van der Waals surface area contributed by atoms with Crippen molar-refractivity contribution in [2.75, 3.05) is 14.2 Å². The first-order valence-corrected chi connectivity index (χ1v) is 5.68. The van der Waals surface area contributed by atoms with Crippen LogP contribution in [-0.4, -0.2) is 31.3 Å².